The Labute approximate surface area is 104 Å². The highest BCUT2D eigenvalue weighted by atomic mass is 79.9. The van der Waals surface area contributed by atoms with Gasteiger partial charge in [0.25, 0.3) is 0 Å². The Kier molecular flexibility index (Phi) is 5.07. The summed E-state index contributed by atoms with van der Waals surface area (Å²) in [5.74, 6) is 0.263. The van der Waals surface area contributed by atoms with Crippen molar-refractivity contribution < 1.29 is 4.39 Å². The van der Waals surface area contributed by atoms with Gasteiger partial charge in [-0.05, 0) is 42.5 Å². The van der Waals surface area contributed by atoms with E-state index >= 15 is 0 Å². The number of rotatable bonds is 4. The van der Waals surface area contributed by atoms with Gasteiger partial charge in [-0.15, -0.1) is 11.6 Å². The molecular formula is C12H15BrClF. The lowest BCUT2D eigenvalue weighted by Crippen LogP contribution is -2.08. The van der Waals surface area contributed by atoms with Gasteiger partial charge in [-0.3, -0.25) is 0 Å². The molecule has 0 aliphatic carbocycles. The van der Waals surface area contributed by atoms with Crippen LogP contribution in [0.15, 0.2) is 22.7 Å². The highest BCUT2D eigenvalue weighted by molar-refractivity contribution is 9.10. The van der Waals surface area contributed by atoms with Gasteiger partial charge in [-0.1, -0.05) is 29.8 Å². The average Bonchev–Trinajstić information content (AvgIpc) is 2.12. The summed E-state index contributed by atoms with van der Waals surface area (Å²) in [7, 11) is 0. The van der Waals surface area contributed by atoms with E-state index in [-0.39, 0.29) is 11.2 Å². The molecule has 0 fully saturated rings. The molecule has 84 valence electrons. The molecule has 0 amide bonds. The highest BCUT2D eigenvalue weighted by Gasteiger charge is 2.09. The second-order valence-corrected chi connectivity index (χ2v) is 5.55. The molecule has 1 aromatic rings. The number of halogens is 3. The third-order valence-corrected chi connectivity index (χ3v) is 3.53. The van der Waals surface area contributed by atoms with Crippen molar-refractivity contribution in [1.82, 2.24) is 0 Å². The van der Waals surface area contributed by atoms with Crippen LogP contribution in [-0.4, -0.2) is 5.38 Å². The predicted molar refractivity (Wildman–Crippen MR) is 66.9 cm³/mol. The molecule has 0 saturated carbocycles. The van der Waals surface area contributed by atoms with E-state index in [2.05, 4.69) is 29.8 Å². The molecular weight excluding hydrogens is 278 g/mol. The molecule has 1 rings (SSSR count). The van der Waals surface area contributed by atoms with Crippen LogP contribution in [0.25, 0.3) is 0 Å². The maximum Gasteiger partial charge on any atom is 0.124 e. The van der Waals surface area contributed by atoms with Crippen LogP contribution in [0.3, 0.4) is 0 Å². The van der Waals surface area contributed by atoms with E-state index in [9.17, 15) is 4.39 Å². The third kappa shape index (κ3) is 4.52. The van der Waals surface area contributed by atoms with Crippen LogP contribution >= 0.6 is 27.5 Å². The molecule has 0 aliphatic heterocycles. The van der Waals surface area contributed by atoms with Crippen molar-refractivity contribution >= 4 is 27.5 Å². The van der Waals surface area contributed by atoms with E-state index in [1.54, 1.807) is 6.07 Å². The molecule has 0 spiro atoms. The van der Waals surface area contributed by atoms with Crippen molar-refractivity contribution in [2.45, 2.75) is 32.1 Å². The summed E-state index contributed by atoms with van der Waals surface area (Å²) in [5.41, 5.74) is 0.994. The van der Waals surface area contributed by atoms with Gasteiger partial charge in [0.1, 0.15) is 5.82 Å². The number of hydrogen-bond acceptors (Lipinski definition) is 0. The standard InChI is InChI=1S/C12H15BrClF/c1-8(2)12(14)4-3-9-5-10(13)7-11(15)6-9/h5-8,12H,3-4H2,1-2H3. The van der Waals surface area contributed by atoms with Gasteiger partial charge < -0.3 is 0 Å². The van der Waals surface area contributed by atoms with Crippen LogP contribution in [0.5, 0.6) is 0 Å². The minimum Gasteiger partial charge on any atom is -0.207 e. The first-order valence-corrected chi connectivity index (χ1v) is 6.31. The largest absolute Gasteiger partial charge is 0.207 e. The molecule has 0 aliphatic rings. The van der Waals surface area contributed by atoms with Gasteiger partial charge >= 0.3 is 0 Å². The lowest BCUT2D eigenvalue weighted by molar-refractivity contribution is 0.563. The van der Waals surface area contributed by atoms with Gasteiger partial charge in [0.15, 0.2) is 0 Å². The fourth-order valence-corrected chi connectivity index (χ4v) is 2.02. The summed E-state index contributed by atoms with van der Waals surface area (Å²) in [6.45, 7) is 4.19. The van der Waals surface area contributed by atoms with Crippen molar-refractivity contribution in [3.8, 4) is 0 Å². The Balaban J connectivity index is 2.57. The van der Waals surface area contributed by atoms with Gasteiger partial charge in [0.05, 0.1) is 0 Å². The van der Waals surface area contributed by atoms with E-state index < -0.39 is 0 Å². The minimum absolute atomic E-state index is 0.159. The fraction of sp³-hybridized carbons (Fsp3) is 0.500. The van der Waals surface area contributed by atoms with Crippen LogP contribution in [0.1, 0.15) is 25.8 Å². The monoisotopic (exact) mass is 292 g/mol. The summed E-state index contributed by atoms with van der Waals surface area (Å²) in [5, 5.41) is 0.159. The van der Waals surface area contributed by atoms with Crippen LogP contribution in [-0.2, 0) is 6.42 Å². The summed E-state index contributed by atoms with van der Waals surface area (Å²) < 4.78 is 13.8. The van der Waals surface area contributed by atoms with Crippen molar-refractivity contribution in [2.75, 3.05) is 0 Å². The Morgan fingerprint density at radius 3 is 2.53 bits per heavy atom. The van der Waals surface area contributed by atoms with Crippen molar-refractivity contribution in [1.29, 1.82) is 0 Å². The first-order chi connectivity index (χ1) is 6.99. The van der Waals surface area contributed by atoms with E-state index in [1.807, 2.05) is 6.07 Å². The summed E-state index contributed by atoms with van der Waals surface area (Å²) in [4.78, 5) is 0. The maximum atomic E-state index is 13.0. The minimum atomic E-state index is -0.199. The molecule has 1 aromatic carbocycles. The molecule has 1 atom stereocenters. The second kappa shape index (κ2) is 5.86. The quantitative estimate of drug-likeness (QED) is 0.701. The third-order valence-electron chi connectivity index (χ3n) is 2.35. The average molecular weight is 294 g/mol. The smallest absolute Gasteiger partial charge is 0.124 e. The molecule has 0 N–H and O–H groups in total. The predicted octanol–water partition coefficient (Wildman–Crippen LogP) is 4.78. The van der Waals surface area contributed by atoms with E-state index in [4.69, 9.17) is 11.6 Å². The topological polar surface area (TPSA) is 0 Å². The lowest BCUT2D eigenvalue weighted by Gasteiger charge is -2.12. The van der Waals surface area contributed by atoms with E-state index in [0.29, 0.717) is 5.92 Å². The number of benzene rings is 1. The molecule has 15 heavy (non-hydrogen) atoms. The van der Waals surface area contributed by atoms with Gasteiger partial charge in [0, 0.05) is 9.85 Å². The fourth-order valence-electron chi connectivity index (χ4n) is 1.39. The van der Waals surface area contributed by atoms with Crippen LogP contribution in [0.4, 0.5) is 4.39 Å². The molecule has 0 aromatic heterocycles. The molecule has 3 heteroatoms. The zero-order chi connectivity index (χ0) is 11.4. The maximum absolute atomic E-state index is 13.0. The molecule has 0 nitrogen and oxygen atoms in total. The molecule has 0 radical (unpaired) electrons. The molecule has 0 bridgehead atoms. The van der Waals surface area contributed by atoms with Crippen molar-refractivity contribution in [3.05, 3.63) is 34.1 Å². The zero-order valence-corrected chi connectivity index (χ0v) is 11.3. The second-order valence-electron chi connectivity index (χ2n) is 4.08. The van der Waals surface area contributed by atoms with Crippen LogP contribution in [0, 0.1) is 11.7 Å². The lowest BCUT2D eigenvalue weighted by atomic mass is 10.0. The number of alkyl halides is 1. The summed E-state index contributed by atoms with van der Waals surface area (Å²) in [6, 6.07) is 4.96. The Bertz CT molecular complexity index is 305. The van der Waals surface area contributed by atoms with Crippen LogP contribution < -0.4 is 0 Å². The first kappa shape index (κ1) is 13.0. The van der Waals surface area contributed by atoms with Gasteiger partial charge in [-0.25, -0.2) is 4.39 Å². The van der Waals surface area contributed by atoms with Crippen molar-refractivity contribution in [2.24, 2.45) is 5.92 Å². The number of aryl methyl sites for hydroxylation is 1. The number of hydrogen-bond donors (Lipinski definition) is 0. The van der Waals surface area contributed by atoms with E-state index in [1.165, 1.54) is 6.07 Å². The SMILES string of the molecule is CC(C)C(Cl)CCc1cc(F)cc(Br)c1. The Morgan fingerprint density at radius 2 is 2.00 bits per heavy atom. The van der Waals surface area contributed by atoms with Crippen molar-refractivity contribution in [3.63, 3.8) is 0 Å². The Morgan fingerprint density at radius 1 is 1.33 bits per heavy atom. The van der Waals surface area contributed by atoms with E-state index in [0.717, 1.165) is 22.9 Å². The first-order valence-electron chi connectivity index (χ1n) is 5.08. The Hall–Kier alpha value is -0.0800. The molecule has 0 heterocycles. The normalized spacial score (nSPS) is 13.2. The highest BCUT2D eigenvalue weighted by Crippen LogP contribution is 2.20. The molecule has 0 saturated heterocycles. The summed E-state index contributed by atoms with van der Waals surface area (Å²) in [6.07, 6.45) is 1.71. The summed E-state index contributed by atoms with van der Waals surface area (Å²) >= 11 is 9.42. The zero-order valence-electron chi connectivity index (χ0n) is 8.93. The van der Waals surface area contributed by atoms with Crippen LogP contribution in [0.2, 0.25) is 0 Å². The van der Waals surface area contributed by atoms with Gasteiger partial charge in [0.2, 0.25) is 0 Å². The van der Waals surface area contributed by atoms with Gasteiger partial charge in [-0.2, -0.15) is 0 Å². The molecule has 1 unspecified atom stereocenters.